The van der Waals surface area contributed by atoms with Gasteiger partial charge >= 0.3 is 6.09 Å². The van der Waals surface area contributed by atoms with Gasteiger partial charge in [-0.1, -0.05) is 30.3 Å². The largest absolute Gasteiger partial charge is 0.444 e. The highest BCUT2D eigenvalue weighted by atomic mass is 16.6. The second-order valence-electron chi connectivity index (χ2n) is 8.86. The van der Waals surface area contributed by atoms with Crippen molar-refractivity contribution in [2.24, 2.45) is 0 Å². The van der Waals surface area contributed by atoms with Crippen LogP contribution in [0.5, 0.6) is 0 Å². The van der Waals surface area contributed by atoms with Crippen LogP contribution in [0.3, 0.4) is 0 Å². The SMILES string of the molecule is CC(C)(C)OC(=O)NCCCN1Cc2c(-c3ccccc3)c3cc(C#N)ccn3c2C1=O. The van der Waals surface area contributed by atoms with Crippen LogP contribution < -0.4 is 5.32 Å². The van der Waals surface area contributed by atoms with Gasteiger partial charge in [0.15, 0.2) is 0 Å². The van der Waals surface area contributed by atoms with Crippen molar-refractivity contribution in [2.75, 3.05) is 13.1 Å². The van der Waals surface area contributed by atoms with Crippen molar-refractivity contribution in [1.29, 1.82) is 5.26 Å². The van der Waals surface area contributed by atoms with E-state index >= 15 is 0 Å². The molecule has 0 spiro atoms. The lowest BCUT2D eigenvalue weighted by molar-refractivity contribution is 0.0526. The number of carbonyl (C=O) groups excluding carboxylic acids is 2. The summed E-state index contributed by atoms with van der Waals surface area (Å²) >= 11 is 0. The predicted molar refractivity (Wildman–Crippen MR) is 121 cm³/mol. The molecule has 1 aliphatic heterocycles. The smallest absolute Gasteiger partial charge is 0.407 e. The van der Waals surface area contributed by atoms with Crippen LogP contribution >= 0.6 is 0 Å². The molecule has 0 radical (unpaired) electrons. The van der Waals surface area contributed by atoms with E-state index in [2.05, 4.69) is 11.4 Å². The summed E-state index contributed by atoms with van der Waals surface area (Å²) in [5.74, 6) is -0.0424. The predicted octanol–water partition coefficient (Wildman–Crippen LogP) is 4.35. The summed E-state index contributed by atoms with van der Waals surface area (Å²) in [6, 6.07) is 15.7. The standard InChI is InChI=1S/C25H26N4O3/c1-25(2,3)32-24(31)27-11-7-12-28-16-19-21(18-8-5-4-6-9-18)20-14-17(15-26)10-13-29(20)22(19)23(28)30/h4-6,8-10,13-14H,7,11-12,16H2,1-3H3,(H,27,31). The molecule has 0 saturated heterocycles. The van der Waals surface area contributed by atoms with Gasteiger partial charge in [0.25, 0.3) is 5.91 Å². The lowest BCUT2D eigenvalue weighted by Gasteiger charge is -2.20. The number of carbonyl (C=O) groups is 2. The topological polar surface area (TPSA) is 86.8 Å². The summed E-state index contributed by atoms with van der Waals surface area (Å²) in [4.78, 5) is 26.9. The second-order valence-corrected chi connectivity index (χ2v) is 8.86. The molecule has 0 saturated carbocycles. The van der Waals surface area contributed by atoms with Gasteiger partial charge < -0.3 is 19.4 Å². The van der Waals surface area contributed by atoms with Crippen molar-refractivity contribution in [3.63, 3.8) is 0 Å². The molecule has 2 aromatic heterocycles. The van der Waals surface area contributed by atoms with Crippen molar-refractivity contribution in [3.8, 4) is 17.2 Å². The summed E-state index contributed by atoms with van der Waals surface area (Å²) in [6.45, 7) is 6.90. The van der Waals surface area contributed by atoms with Gasteiger partial charge in [-0.2, -0.15) is 5.26 Å². The monoisotopic (exact) mass is 430 g/mol. The molecule has 0 aliphatic carbocycles. The molecule has 0 bridgehead atoms. The molecule has 3 heterocycles. The fourth-order valence-electron chi connectivity index (χ4n) is 4.06. The highest BCUT2D eigenvalue weighted by Crippen LogP contribution is 2.38. The van der Waals surface area contributed by atoms with Crippen LogP contribution in [0.4, 0.5) is 4.79 Å². The molecule has 0 fully saturated rings. The van der Waals surface area contributed by atoms with Gasteiger partial charge in [-0.15, -0.1) is 0 Å². The van der Waals surface area contributed by atoms with Crippen molar-refractivity contribution < 1.29 is 14.3 Å². The molecule has 2 amide bonds. The van der Waals surface area contributed by atoms with Crippen LogP contribution in [0.1, 0.15) is 48.8 Å². The number of pyridine rings is 1. The Hall–Kier alpha value is -3.79. The van der Waals surface area contributed by atoms with Gasteiger partial charge in [0.1, 0.15) is 11.3 Å². The number of hydrogen-bond donors (Lipinski definition) is 1. The average Bonchev–Trinajstić information content (AvgIpc) is 3.24. The molecule has 1 N–H and O–H groups in total. The molecule has 0 atom stereocenters. The van der Waals surface area contributed by atoms with Crippen LogP contribution in [0.2, 0.25) is 0 Å². The number of hydrogen-bond acceptors (Lipinski definition) is 4. The molecule has 164 valence electrons. The van der Waals surface area contributed by atoms with E-state index in [0.717, 1.165) is 22.2 Å². The number of aromatic nitrogens is 1. The maximum atomic E-state index is 13.3. The maximum absolute atomic E-state index is 13.3. The second kappa shape index (κ2) is 8.39. The summed E-state index contributed by atoms with van der Waals surface area (Å²) in [5.41, 5.74) is 4.49. The highest BCUT2D eigenvalue weighted by molar-refractivity contribution is 6.03. The van der Waals surface area contributed by atoms with Crippen LogP contribution in [0.15, 0.2) is 48.7 Å². The van der Waals surface area contributed by atoms with Crippen LogP contribution in [0, 0.1) is 11.3 Å². The van der Waals surface area contributed by atoms with Gasteiger partial charge in [0.05, 0.1) is 17.1 Å². The number of benzene rings is 1. The Balaban J connectivity index is 1.55. The Morgan fingerprint density at radius 2 is 1.97 bits per heavy atom. The van der Waals surface area contributed by atoms with Gasteiger partial charge in [-0.25, -0.2) is 4.79 Å². The number of ether oxygens (including phenoxy) is 1. The summed E-state index contributed by atoms with van der Waals surface area (Å²) in [6.07, 6.45) is 1.96. The summed E-state index contributed by atoms with van der Waals surface area (Å²) in [5, 5.41) is 12.1. The zero-order valence-corrected chi connectivity index (χ0v) is 18.5. The number of rotatable bonds is 5. The van der Waals surface area contributed by atoms with Crippen molar-refractivity contribution in [3.05, 3.63) is 65.5 Å². The number of fused-ring (bicyclic) bond motifs is 3. The lowest BCUT2D eigenvalue weighted by Crippen LogP contribution is -2.34. The molecule has 1 aromatic carbocycles. The quantitative estimate of drug-likeness (QED) is 0.610. The minimum absolute atomic E-state index is 0.0424. The zero-order chi connectivity index (χ0) is 22.9. The van der Waals surface area contributed by atoms with Crippen molar-refractivity contribution >= 4 is 17.5 Å². The van der Waals surface area contributed by atoms with Gasteiger partial charge in [-0.05, 0) is 44.9 Å². The normalized spacial score (nSPS) is 13.2. The first-order valence-corrected chi connectivity index (χ1v) is 10.7. The van der Waals surface area contributed by atoms with Crippen molar-refractivity contribution in [1.82, 2.24) is 14.6 Å². The van der Waals surface area contributed by atoms with Gasteiger partial charge in [0, 0.05) is 37.0 Å². The van der Waals surface area contributed by atoms with E-state index in [0.29, 0.717) is 37.3 Å². The van der Waals surface area contributed by atoms with E-state index < -0.39 is 11.7 Å². The average molecular weight is 431 g/mol. The third kappa shape index (κ3) is 4.17. The Morgan fingerprint density at radius 3 is 2.66 bits per heavy atom. The number of nitrogens with one attached hydrogen (secondary N) is 1. The fourth-order valence-corrected chi connectivity index (χ4v) is 4.06. The molecule has 0 unspecified atom stereocenters. The van der Waals surface area contributed by atoms with Gasteiger partial charge in [0.2, 0.25) is 0 Å². The summed E-state index contributed by atoms with van der Waals surface area (Å²) < 4.78 is 7.13. The Morgan fingerprint density at radius 1 is 1.22 bits per heavy atom. The first kappa shape index (κ1) is 21.4. The zero-order valence-electron chi connectivity index (χ0n) is 18.5. The minimum Gasteiger partial charge on any atom is -0.444 e. The maximum Gasteiger partial charge on any atom is 0.407 e. The first-order valence-electron chi connectivity index (χ1n) is 10.7. The van der Waals surface area contributed by atoms with Crippen LogP contribution in [-0.2, 0) is 11.3 Å². The molecule has 1 aliphatic rings. The van der Waals surface area contributed by atoms with Crippen LogP contribution in [0.25, 0.3) is 16.6 Å². The number of nitrogens with zero attached hydrogens (tertiary/aromatic N) is 3. The number of alkyl carbamates (subject to hydrolysis) is 1. The third-order valence-corrected chi connectivity index (χ3v) is 5.34. The highest BCUT2D eigenvalue weighted by Gasteiger charge is 2.34. The van der Waals surface area contributed by atoms with E-state index in [-0.39, 0.29) is 5.91 Å². The van der Waals surface area contributed by atoms with E-state index in [1.54, 1.807) is 17.2 Å². The van der Waals surface area contributed by atoms with E-state index in [9.17, 15) is 14.9 Å². The third-order valence-electron chi connectivity index (χ3n) is 5.34. The van der Waals surface area contributed by atoms with Crippen LogP contribution in [-0.4, -0.2) is 40.0 Å². The molecule has 7 nitrogen and oxygen atoms in total. The molecule has 7 heteroatoms. The molecule has 4 rings (SSSR count). The minimum atomic E-state index is -0.542. The van der Waals surface area contributed by atoms with Crippen molar-refractivity contribution in [2.45, 2.75) is 39.3 Å². The van der Waals surface area contributed by atoms with Gasteiger partial charge in [-0.3, -0.25) is 4.79 Å². The molecule has 3 aromatic rings. The van der Waals surface area contributed by atoms with E-state index in [1.165, 1.54) is 0 Å². The lowest BCUT2D eigenvalue weighted by atomic mass is 10.0. The van der Waals surface area contributed by atoms with E-state index in [4.69, 9.17) is 4.74 Å². The Labute approximate surface area is 187 Å². The Bertz CT molecular complexity index is 1220. The first-order chi connectivity index (χ1) is 15.3. The van der Waals surface area contributed by atoms with E-state index in [1.807, 2.05) is 61.6 Å². The molecule has 32 heavy (non-hydrogen) atoms. The fraction of sp³-hybridized carbons (Fsp3) is 0.320. The molecular weight excluding hydrogens is 404 g/mol. The molecular formula is C25H26N4O3. The number of nitriles is 1. The number of amides is 2. The summed E-state index contributed by atoms with van der Waals surface area (Å²) in [7, 11) is 0. The Kier molecular flexibility index (Phi) is 5.62.